The van der Waals surface area contributed by atoms with Crippen molar-refractivity contribution in [2.45, 2.75) is 57.5 Å². The van der Waals surface area contributed by atoms with Crippen LogP contribution in [0.4, 0.5) is 10.5 Å². The van der Waals surface area contributed by atoms with Gasteiger partial charge in [-0.25, -0.2) is 4.79 Å². The van der Waals surface area contributed by atoms with Crippen molar-refractivity contribution in [3.05, 3.63) is 23.8 Å². The van der Waals surface area contributed by atoms with Crippen LogP contribution in [-0.4, -0.2) is 25.3 Å². The summed E-state index contributed by atoms with van der Waals surface area (Å²) in [6, 6.07) is 5.91. The molecule has 0 aliphatic heterocycles. The summed E-state index contributed by atoms with van der Waals surface area (Å²) < 4.78 is 10.7. The maximum absolute atomic E-state index is 12.1. The number of methoxy groups -OCH3 is 1. The van der Waals surface area contributed by atoms with Gasteiger partial charge in [0.05, 0.1) is 12.8 Å². The lowest BCUT2D eigenvalue weighted by Crippen LogP contribution is -2.32. The lowest BCUT2D eigenvalue weighted by atomic mass is 9.79. The van der Waals surface area contributed by atoms with Gasteiger partial charge in [-0.1, -0.05) is 18.9 Å². The quantitative estimate of drug-likeness (QED) is 0.884. The summed E-state index contributed by atoms with van der Waals surface area (Å²) in [7, 11) is 1.59. The molecule has 0 heterocycles. The van der Waals surface area contributed by atoms with Gasteiger partial charge in [-0.3, -0.25) is 5.32 Å². The van der Waals surface area contributed by atoms with Crippen LogP contribution in [0, 0.1) is 0 Å². The highest BCUT2D eigenvalue weighted by atomic mass is 16.6. The molecule has 1 fully saturated rings. The van der Waals surface area contributed by atoms with Crippen LogP contribution in [0.15, 0.2) is 18.2 Å². The van der Waals surface area contributed by atoms with Gasteiger partial charge in [-0.2, -0.15) is 0 Å². The van der Waals surface area contributed by atoms with Crippen LogP contribution in [0.2, 0.25) is 0 Å². The zero-order valence-electron chi connectivity index (χ0n) is 14.6. The Kier molecular flexibility index (Phi) is 5.19. The topological polar surface area (TPSA) is 73.6 Å². The van der Waals surface area contributed by atoms with Crippen molar-refractivity contribution in [1.82, 2.24) is 0 Å². The minimum Gasteiger partial charge on any atom is -0.495 e. The Labute approximate surface area is 138 Å². The maximum Gasteiger partial charge on any atom is 0.412 e. The molecule has 1 aliphatic carbocycles. The summed E-state index contributed by atoms with van der Waals surface area (Å²) in [5.41, 5.74) is 7.31. The van der Waals surface area contributed by atoms with E-state index in [1.807, 2.05) is 32.9 Å². The highest BCUT2D eigenvalue weighted by molar-refractivity contribution is 5.87. The fraction of sp³-hybridized carbons (Fsp3) is 0.611. The molecule has 1 aromatic carbocycles. The van der Waals surface area contributed by atoms with Gasteiger partial charge >= 0.3 is 6.09 Å². The second-order valence-electron chi connectivity index (χ2n) is 7.23. The van der Waals surface area contributed by atoms with Gasteiger partial charge in [0.25, 0.3) is 0 Å². The molecule has 1 aliphatic rings. The smallest absolute Gasteiger partial charge is 0.412 e. The SMILES string of the molecule is COc1ccc(C2(CN)CCCC2)cc1NC(=O)OC(C)(C)C. The van der Waals surface area contributed by atoms with Gasteiger partial charge in [0.15, 0.2) is 0 Å². The molecule has 2 rings (SSSR count). The predicted molar refractivity (Wildman–Crippen MR) is 92.1 cm³/mol. The highest BCUT2D eigenvalue weighted by Gasteiger charge is 2.34. The van der Waals surface area contributed by atoms with Crippen molar-refractivity contribution in [2.24, 2.45) is 5.73 Å². The lowest BCUT2D eigenvalue weighted by molar-refractivity contribution is 0.0635. The number of hydrogen-bond acceptors (Lipinski definition) is 4. The molecule has 0 unspecified atom stereocenters. The minimum absolute atomic E-state index is 0.0105. The van der Waals surface area contributed by atoms with E-state index in [2.05, 4.69) is 11.4 Å². The average molecular weight is 320 g/mol. The molecule has 128 valence electrons. The molecule has 0 radical (unpaired) electrons. The number of rotatable bonds is 4. The standard InChI is InChI=1S/C18H28N2O3/c1-17(2,3)23-16(21)20-14-11-13(7-8-15(14)22-4)18(12-19)9-5-6-10-18/h7-8,11H,5-6,9-10,12,19H2,1-4H3,(H,20,21). The van der Waals surface area contributed by atoms with E-state index < -0.39 is 11.7 Å². The Morgan fingerprint density at radius 1 is 1.30 bits per heavy atom. The third-order valence-corrected chi connectivity index (χ3v) is 4.40. The highest BCUT2D eigenvalue weighted by Crippen LogP contribution is 2.42. The molecule has 0 saturated heterocycles. The number of nitrogens with two attached hydrogens (primary N) is 1. The van der Waals surface area contributed by atoms with E-state index in [0.717, 1.165) is 18.4 Å². The van der Waals surface area contributed by atoms with Crippen molar-refractivity contribution in [1.29, 1.82) is 0 Å². The molecule has 5 nitrogen and oxygen atoms in total. The fourth-order valence-corrected chi connectivity index (χ4v) is 3.21. The number of carbonyl (C=O) groups excluding carboxylic acids is 1. The van der Waals surface area contributed by atoms with Gasteiger partial charge in [-0.05, 0) is 51.3 Å². The molecular weight excluding hydrogens is 292 g/mol. The molecule has 1 amide bonds. The van der Waals surface area contributed by atoms with Gasteiger partial charge in [-0.15, -0.1) is 0 Å². The number of hydrogen-bond donors (Lipinski definition) is 2. The van der Waals surface area contributed by atoms with Crippen molar-refractivity contribution in [3.63, 3.8) is 0 Å². The van der Waals surface area contributed by atoms with Gasteiger partial charge < -0.3 is 15.2 Å². The normalized spacial score (nSPS) is 16.9. The monoisotopic (exact) mass is 320 g/mol. The Hall–Kier alpha value is -1.75. The number of ether oxygens (including phenoxy) is 2. The maximum atomic E-state index is 12.1. The van der Waals surface area contributed by atoms with E-state index in [0.29, 0.717) is 18.0 Å². The van der Waals surface area contributed by atoms with E-state index in [9.17, 15) is 4.79 Å². The Morgan fingerprint density at radius 2 is 1.96 bits per heavy atom. The summed E-state index contributed by atoms with van der Waals surface area (Å²) in [6.07, 6.45) is 4.07. The first kappa shape index (κ1) is 17.6. The van der Waals surface area contributed by atoms with Crippen molar-refractivity contribution in [3.8, 4) is 5.75 Å². The first-order valence-corrected chi connectivity index (χ1v) is 8.18. The summed E-state index contributed by atoms with van der Waals surface area (Å²) in [4.78, 5) is 12.1. The number of benzene rings is 1. The first-order chi connectivity index (χ1) is 10.8. The van der Waals surface area contributed by atoms with Gasteiger partial charge in [0.2, 0.25) is 0 Å². The van der Waals surface area contributed by atoms with Crippen molar-refractivity contribution < 1.29 is 14.3 Å². The van der Waals surface area contributed by atoms with Crippen LogP contribution in [0.3, 0.4) is 0 Å². The third-order valence-electron chi connectivity index (χ3n) is 4.40. The van der Waals surface area contributed by atoms with E-state index in [4.69, 9.17) is 15.2 Å². The second kappa shape index (κ2) is 6.79. The molecule has 0 atom stereocenters. The van der Waals surface area contributed by atoms with Crippen LogP contribution in [0.5, 0.6) is 5.75 Å². The van der Waals surface area contributed by atoms with E-state index in [-0.39, 0.29) is 5.41 Å². The summed E-state index contributed by atoms with van der Waals surface area (Å²) in [5, 5.41) is 2.80. The van der Waals surface area contributed by atoms with E-state index >= 15 is 0 Å². The van der Waals surface area contributed by atoms with Crippen molar-refractivity contribution in [2.75, 3.05) is 19.0 Å². The second-order valence-corrected chi connectivity index (χ2v) is 7.23. The first-order valence-electron chi connectivity index (χ1n) is 8.18. The van der Waals surface area contributed by atoms with E-state index in [1.54, 1.807) is 7.11 Å². The van der Waals surface area contributed by atoms with E-state index in [1.165, 1.54) is 12.8 Å². The lowest BCUT2D eigenvalue weighted by Gasteiger charge is -2.29. The predicted octanol–water partition coefficient (Wildman–Crippen LogP) is 3.81. The van der Waals surface area contributed by atoms with Crippen molar-refractivity contribution >= 4 is 11.8 Å². The zero-order chi connectivity index (χ0) is 17.1. The summed E-state index contributed by atoms with van der Waals surface area (Å²) >= 11 is 0. The van der Waals surface area contributed by atoms with Crippen LogP contribution in [0.1, 0.15) is 52.0 Å². The van der Waals surface area contributed by atoms with Gasteiger partial charge in [0, 0.05) is 12.0 Å². The van der Waals surface area contributed by atoms with Crippen LogP contribution in [-0.2, 0) is 10.2 Å². The molecular formula is C18H28N2O3. The number of carbonyl (C=O) groups is 1. The third kappa shape index (κ3) is 4.16. The molecule has 1 aromatic rings. The van der Waals surface area contributed by atoms with Crippen LogP contribution in [0.25, 0.3) is 0 Å². The average Bonchev–Trinajstić information content (AvgIpc) is 2.95. The number of nitrogens with one attached hydrogen (secondary N) is 1. The summed E-state index contributed by atoms with van der Waals surface area (Å²) in [5.74, 6) is 0.616. The molecule has 3 N–H and O–H groups in total. The molecule has 0 aromatic heterocycles. The fourth-order valence-electron chi connectivity index (χ4n) is 3.21. The Morgan fingerprint density at radius 3 is 2.48 bits per heavy atom. The summed E-state index contributed by atoms with van der Waals surface area (Å²) in [6.45, 7) is 6.12. The molecule has 23 heavy (non-hydrogen) atoms. The molecule has 0 bridgehead atoms. The molecule has 5 heteroatoms. The molecule has 0 spiro atoms. The largest absolute Gasteiger partial charge is 0.495 e. The Balaban J connectivity index is 2.27. The Bertz CT molecular complexity index is 558. The van der Waals surface area contributed by atoms with Gasteiger partial charge in [0.1, 0.15) is 11.4 Å². The van der Waals surface area contributed by atoms with Crippen LogP contribution >= 0.6 is 0 Å². The van der Waals surface area contributed by atoms with Crippen LogP contribution < -0.4 is 15.8 Å². The number of amides is 1. The minimum atomic E-state index is -0.543. The zero-order valence-corrected chi connectivity index (χ0v) is 14.6. The number of anilines is 1. The molecule has 1 saturated carbocycles.